The number of aromatic hydroxyl groups is 2. The molecule has 2 aromatic carbocycles. The minimum Gasteiger partial charge on any atom is -0.508 e. The molecule has 1 aromatic heterocycles. The van der Waals surface area contributed by atoms with Gasteiger partial charge in [-0.3, -0.25) is 4.79 Å². The van der Waals surface area contributed by atoms with E-state index in [0.717, 1.165) is 12.1 Å². The van der Waals surface area contributed by atoms with E-state index >= 15 is 0 Å². The highest BCUT2D eigenvalue weighted by molar-refractivity contribution is 5.88. The van der Waals surface area contributed by atoms with Crippen molar-refractivity contribution in [1.82, 2.24) is 0 Å². The van der Waals surface area contributed by atoms with Crippen molar-refractivity contribution in [3.05, 3.63) is 46.6 Å². The van der Waals surface area contributed by atoms with E-state index in [9.17, 15) is 61.0 Å². The lowest BCUT2D eigenvalue weighted by Crippen LogP contribution is -2.65. The molecule has 0 spiro atoms. The van der Waals surface area contributed by atoms with Gasteiger partial charge in [-0.1, -0.05) is 0 Å². The van der Waals surface area contributed by atoms with Gasteiger partial charge in [0.2, 0.25) is 17.5 Å². The van der Waals surface area contributed by atoms with Crippen molar-refractivity contribution in [2.24, 2.45) is 0 Å². The molecule has 15 atom stereocenters. The summed E-state index contributed by atoms with van der Waals surface area (Å²) in [6.45, 7) is -0.108. The number of aliphatic hydroxyl groups excluding tert-OH is 9. The monoisotopic (exact) mass is 770 g/mol. The summed E-state index contributed by atoms with van der Waals surface area (Å²) < 4.78 is 45.5. The number of aliphatic hydroxyl groups is 9. The van der Waals surface area contributed by atoms with E-state index in [-0.39, 0.29) is 16.9 Å². The molecule has 15 unspecified atom stereocenters. The number of rotatable bonds is 10. The van der Waals surface area contributed by atoms with Crippen LogP contribution in [-0.2, 0) is 23.7 Å². The lowest BCUT2D eigenvalue weighted by Gasteiger charge is -2.46. The molecule has 6 rings (SSSR count). The Morgan fingerprint density at radius 2 is 1.35 bits per heavy atom. The van der Waals surface area contributed by atoms with Gasteiger partial charge in [0.15, 0.2) is 24.4 Å². The zero-order valence-electron chi connectivity index (χ0n) is 28.6. The van der Waals surface area contributed by atoms with E-state index < -0.39 is 133 Å². The third kappa shape index (κ3) is 7.59. The summed E-state index contributed by atoms with van der Waals surface area (Å²) in [5.41, 5.74) is -1.07. The lowest BCUT2D eigenvalue weighted by molar-refractivity contribution is -0.362. The van der Waals surface area contributed by atoms with E-state index in [1.165, 1.54) is 38.3 Å². The number of methoxy groups -OCH3 is 1. The molecule has 54 heavy (non-hydrogen) atoms. The Labute approximate surface area is 305 Å². The number of benzene rings is 2. The summed E-state index contributed by atoms with van der Waals surface area (Å²) in [6, 6.07) is 7.97. The van der Waals surface area contributed by atoms with Crippen LogP contribution in [0.15, 0.2) is 45.6 Å². The Kier molecular flexibility index (Phi) is 12.0. The topological polar surface area (TPSA) is 317 Å². The van der Waals surface area contributed by atoms with Crippen molar-refractivity contribution in [2.45, 2.75) is 99.0 Å². The van der Waals surface area contributed by atoms with Crippen molar-refractivity contribution in [3.63, 3.8) is 0 Å². The van der Waals surface area contributed by atoms with Crippen molar-refractivity contribution < 1.29 is 93.7 Å². The van der Waals surface area contributed by atoms with Crippen LogP contribution in [0.4, 0.5) is 0 Å². The van der Waals surface area contributed by atoms with E-state index in [1.54, 1.807) is 0 Å². The van der Waals surface area contributed by atoms with Gasteiger partial charge in [-0.15, -0.1) is 0 Å². The average Bonchev–Trinajstić information content (AvgIpc) is 3.15. The quantitative estimate of drug-likeness (QED) is 0.0964. The average molecular weight is 771 g/mol. The maximum atomic E-state index is 14.1. The molecule has 0 amide bonds. The molecule has 3 aromatic rings. The van der Waals surface area contributed by atoms with Crippen LogP contribution in [0.25, 0.3) is 22.3 Å². The van der Waals surface area contributed by atoms with Crippen LogP contribution in [0, 0.1) is 0 Å². The maximum Gasteiger partial charge on any atom is 0.239 e. The first-order chi connectivity index (χ1) is 25.6. The van der Waals surface area contributed by atoms with E-state index in [2.05, 4.69) is 0 Å². The van der Waals surface area contributed by atoms with Crippen LogP contribution < -0.4 is 14.9 Å². The highest BCUT2D eigenvalue weighted by Gasteiger charge is 2.52. The molecule has 3 aliphatic heterocycles. The summed E-state index contributed by atoms with van der Waals surface area (Å²) in [6.07, 6.45) is -25.9. The van der Waals surface area contributed by atoms with Gasteiger partial charge in [0.25, 0.3) is 0 Å². The zero-order valence-corrected chi connectivity index (χ0v) is 28.6. The van der Waals surface area contributed by atoms with Crippen molar-refractivity contribution in [1.29, 1.82) is 0 Å². The molecule has 3 aliphatic rings. The molecule has 3 fully saturated rings. The Balaban J connectivity index is 1.39. The fraction of sp³-hybridized carbons (Fsp3) is 0.559. The van der Waals surface area contributed by atoms with Gasteiger partial charge in [-0.25, -0.2) is 0 Å². The Morgan fingerprint density at radius 3 is 2.02 bits per heavy atom. The Morgan fingerprint density at radius 1 is 0.722 bits per heavy atom. The number of phenolic OH excluding ortho intramolecular Hbond substituents is 2. The summed E-state index contributed by atoms with van der Waals surface area (Å²) >= 11 is 0. The first-order valence-electron chi connectivity index (χ1n) is 16.8. The number of fused-ring (bicyclic) bond motifs is 1. The second-order valence-electron chi connectivity index (χ2n) is 13.1. The summed E-state index contributed by atoms with van der Waals surface area (Å²) in [5, 5.41) is 115. The van der Waals surface area contributed by atoms with Gasteiger partial charge in [0.05, 0.1) is 26.4 Å². The molecular weight excluding hydrogens is 728 g/mol. The molecule has 0 aliphatic carbocycles. The molecule has 20 nitrogen and oxygen atoms in total. The normalized spacial score (nSPS) is 37.3. The summed E-state index contributed by atoms with van der Waals surface area (Å²) in [5.74, 6) is -1.65. The summed E-state index contributed by atoms with van der Waals surface area (Å²) in [4.78, 5) is 14.1. The van der Waals surface area contributed by atoms with Crippen LogP contribution >= 0.6 is 0 Å². The van der Waals surface area contributed by atoms with Gasteiger partial charge < -0.3 is 93.7 Å². The van der Waals surface area contributed by atoms with Crippen molar-refractivity contribution >= 4 is 11.0 Å². The van der Waals surface area contributed by atoms with Crippen LogP contribution in [-0.4, -0.2) is 169 Å². The molecule has 0 bridgehead atoms. The van der Waals surface area contributed by atoms with Crippen LogP contribution in [0.1, 0.15) is 6.92 Å². The minimum atomic E-state index is -2.05. The van der Waals surface area contributed by atoms with Crippen LogP contribution in [0.3, 0.4) is 0 Å². The number of phenols is 2. The number of ether oxygens (including phenoxy) is 7. The van der Waals surface area contributed by atoms with Crippen molar-refractivity contribution in [3.8, 4) is 34.3 Å². The molecule has 20 heteroatoms. The molecule has 0 radical (unpaired) electrons. The Bertz CT molecular complexity index is 1800. The maximum absolute atomic E-state index is 14.1. The molecular formula is C34H42O20. The third-order valence-corrected chi connectivity index (χ3v) is 9.52. The van der Waals surface area contributed by atoms with Crippen LogP contribution in [0.2, 0.25) is 0 Å². The predicted octanol–water partition coefficient (Wildman–Crippen LogP) is -3.27. The molecule has 11 N–H and O–H groups in total. The van der Waals surface area contributed by atoms with Crippen molar-refractivity contribution in [2.75, 3.05) is 20.3 Å². The Hall–Kier alpha value is -3.71. The fourth-order valence-electron chi connectivity index (χ4n) is 6.38. The summed E-state index contributed by atoms with van der Waals surface area (Å²) in [7, 11) is 1.42. The third-order valence-electron chi connectivity index (χ3n) is 9.52. The van der Waals surface area contributed by atoms with Gasteiger partial charge in [0.1, 0.15) is 89.3 Å². The fourth-order valence-corrected chi connectivity index (χ4v) is 6.38. The SMILES string of the molecule is COc1ccc(-c2oc3cc(O)cc(O)c3c(=O)c2OC2OC(COC3OC(C)C(O)C(O)C3O)C(O)C(O)C2OC2OC(CO)C(O)C(O)C2O)cc1. The predicted molar refractivity (Wildman–Crippen MR) is 176 cm³/mol. The highest BCUT2D eigenvalue weighted by atomic mass is 16.8. The number of hydrogen-bond donors (Lipinski definition) is 11. The van der Waals surface area contributed by atoms with E-state index in [4.69, 9.17) is 37.6 Å². The van der Waals surface area contributed by atoms with Gasteiger partial charge in [0, 0.05) is 17.7 Å². The zero-order chi connectivity index (χ0) is 39.2. The molecule has 4 heterocycles. The molecule has 3 saturated heterocycles. The highest BCUT2D eigenvalue weighted by Crippen LogP contribution is 2.39. The minimum absolute atomic E-state index is 0.202. The lowest BCUT2D eigenvalue weighted by atomic mass is 9.97. The first-order valence-corrected chi connectivity index (χ1v) is 16.8. The number of hydrogen-bond acceptors (Lipinski definition) is 20. The van der Waals surface area contributed by atoms with E-state index in [1.807, 2.05) is 0 Å². The standard InChI is InChI=1S/C34H42O20/c1-11-20(38)24(42)27(45)32(49-11)48-10-18-22(40)26(44)31(54-33-28(46)25(43)21(39)17(9-35)51-33)34(52-18)53-30-23(41)19-15(37)7-13(36)8-16(19)50-29(30)12-3-5-14(47-2)6-4-12/h3-8,11,17-18,20-22,24-28,31-40,42-46H,9-10H2,1-2H3. The first kappa shape index (κ1) is 40.0. The smallest absolute Gasteiger partial charge is 0.239 e. The molecule has 298 valence electrons. The molecule has 0 saturated carbocycles. The van der Waals surface area contributed by atoms with Crippen LogP contribution in [0.5, 0.6) is 23.0 Å². The van der Waals surface area contributed by atoms with Gasteiger partial charge in [-0.2, -0.15) is 0 Å². The largest absolute Gasteiger partial charge is 0.508 e. The van der Waals surface area contributed by atoms with E-state index in [0.29, 0.717) is 5.75 Å². The second kappa shape index (κ2) is 16.2. The van der Waals surface area contributed by atoms with Gasteiger partial charge in [-0.05, 0) is 31.2 Å². The second-order valence-corrected chi connectivity index (χ2v) is 13.1. The van der Waals surface area contributed by atoms with Gasteiger partial charge >= 0.3 is 0 Å².